The molecule has 2 aromatic carbocycles. The molecule has 0 radical (unpaired) electrons. The van der Waals surface area contributed by atoms with Crippen LogP contribution in [0.3, 0.4) is 0 Å². The molecule has 0 aliphatic carbocycles. The fraction of sp³-hybridized carbons (Fsp3) is 0.150. The van der Waals surface area contributed by atoms with Crippen LogP contribution in [0, 0.1) is 29.1 Å². The monoisotopic (exact) mass is 450 g/mol. The second kappa shape index (κ2) is 8.38. The van der Waals surface area contributed by atoms with Crippen LogP contribution in [0.2, 0.25) is 0 Å². The van der Waals surface area contributed by atoms with Crippen molar-refractivity contribution in [2.45, 2.75) is 6.54 Å². The van der Waals surface area contributed by atoms with E-state index in [9.17, 15) is 22.0 Å². The zero-order chi connectivity index (χ0) is 23.0. The summed E-state index contributed by atoms with van der Waals surface area (Å²) in [6, 6.07) is 3.24. The van der Waals surface area contributed by atoms with Crippen molar-refractivity contribution in [2.24, 2.45) is 0 Å². The summed E-state index contributed by atoms with van der Waals surface area (Å²) in [6.45, 7) is 0.965. The average Bonchev–Trinajstić information content (AvgIpc) is 3.13. The van der Waals surface area contributed by atoms with Crippen molar-refractivity contribution in [2.75, 3.05) is 19.3 Å². The Balaban J connectivity index is 1.76. The van der Waals surface area contributed by atoms with E-state index >= 15 is 0 Å². The number of anilines is 1. The third kappa shape index (κ3) is 3.68. The molecule has 0 saturated carbocycles. The molecule has 12 heteroatoms. The first-order valence-corrected chi connectivity index (χ1v) is 9.24. The van der Waals surface area contributed by atoms with Gasteiger partial charge in [0.15, 0.2) is 17.3 Å². The molecule has 0 aliphatic rings. The van der Waals surface area contributed by atoms with Crippen LogP contribution in [-0.4, -0.2) is 33.3 Å². The van der Waals surface area contributed by atoms with Gasteiger partial charge in [0.05, 0.1) is 11.9 Å². The minimum absolute atomic E-state index is 0.0153. The Morgan fingerprint density at radius 2 is 1.72 bits per heavy atom. The molecule has 4 rings (SSSR count). The number of halogens is 5. The van der Waals surface area contributed by atoms with Crippen LogP contribution in [0.5, 0.6) is 11.5 Å². The quantitative estimate of drug-likeness (QED) is 0.343. The van der Waals surface area contributed by atoms with Crippen LogP contribution in [0.4, 0.5) is 27.8 Å². The van der Waals surface area contributed by atoms with E-state index in [0.717, 1.165) is 6.07 Å². The predicted octanol–water partition coefficient (Wildman–Crippen LogP) is 3.78. The number of aromatic nitrogens is 4. The summed E-state index contributed by atoms with van der Waals surface area (Å²) in [6.07, 6.45) is 1.26. The molecule has 4 aromatic rings. The van der Waals surface area contributed by atoms with Crippen LogP contribution in [0.25, 0.3) is 22.3 Å². The van der Waals surface area contributed by atoms with Gasteiger partial charge in [-0.05, 0) is 19.2 Å². The highest BCUT2D eigenvalue weighted by molar-refractivity contribution is 5.98. The lowest BCUT2D eigenvalue weighted by molar-refractivity contribution is 0.365. The molecule has 0 spiro atoms. The van der Waals surface area contributed by atoms with Gasteiger partial charge in [0.2, 0.25) is 17.4 Å². The molecule has 0 unspecified atom stereocenters. The van der Waals surface area contributed by atoms with Crippen LogP contribution in [-0.2, 0) is 6.54 Å². The second-order valence-electron chi connectivity index (χ2n) is 6.67. The summed E-state index contributed by atoms with van der Waals surface area (Å²) in [4.78, 5) is 8.08. The van der Waals surface area contributed by atoms with E-state index < -0.39 is 40.6 Å². The van der Waals surface area contributed by atoms with Crippen molar-refractivity contribution in [3.05, 3.63) is 59.7 Å². The minimum Gasteiger partial charge on any atom is -0.451 e. The Labute approximate surface area is 177 Å². The number of hydrogen-bond acceptors (Lipinski definition) is 6. The van der Waals surface area contributed by atoms with Crippen LogP contribution < -0.4 is 15.8 Å². The van der Waals surface area contributed by atoms with Gasteiger partial charge in [-0.2, -0.15) is 13.9 Å². The lowest BCUT2D eigenvalue weighted by Crippen LogP contribution is -2.16. The molecule has 0 aliphatic heterocycles. The van der Waals surface area contributed by atoms with Gasteiger partial charge >= 0.3 is 0 Å². The highest BCUT2D eigenvalue weighted by Crippen LogP contribution is 2.35. The van der Waals surface area contributed by atoms with Crippen LogP contribution in [0.15, 0.2) is 30.6 Å². The lowest BCUT2D eigenvalue weighted by atomic mass is 10.1. The fourth-order valence-corrected chi connectivity index (χ4v) is 3.10. The number of nitrogens with two attached hydrogens (primary N) is 1. The molecule has 3 N–H and O–H groups in total. The highest BCUT2D eigenvalue weighted by Gasteiger charge is 2.23. The second-order valence-corrected chi connectivity index (χ2v) is 6.67. The van der Waals surface area contributed by atoms with Crippen molar-refractivity contribution >= 4 is 16.9 Å². The Hall–Kier alpha value is -3.80. The molecule has 2 aromatic heterocycles. The Morgan fingerprint density at radius 1 is 1.00 bits per heavy atom. The first kappa shape index (κ1) is 21.4. The van der Waals surface area contributed by atoms with Gasteiger partial charge in [-0.1, -0.05) is 0 Å². The smallest absolute Gasteiger partial charge is 0.204 e. The largest absolute Gasteiger partial charge is 0.451 e. The first-order chi connectivity index (χ1) is 15.3. The molecule has 0 atom stereocenters. The number of benzene rings is 2. The number of ether oxygens (including phenoxy) is 1. The highest BCUT2D eigenvalue weighted by atomic mass is 19.2. The van der Waals surface area contributed by atoms with Gasteiger partial charge in [-0.25, -0.2) is 27.8 Å². The number of nitrogens with zero attached hydrogens (tertiary/aromatic N) is 4. The average molecular weight is 450 g/mol. The van der Waals surface area contributed by atoms with E-state index in [1.807, 2.05) is 0 Å². The molecular formula is C20H15F5N6O. The minimum atomic E-state index is -1.74. The molecule has 32 heavy (non-hydrogen) atoms. The summed E-state index contributed by atoms with van der Waals surface area (Å²) in [5, 5.41) is 7.66. The molecule has 7 nitrogen and oxygen atoms in total. The number of fused-ring (bicyclic) bond motifs is 1. The van der Waals surface area contributed by atoms with Crippen molar-refractivity contribution in [1.29, 1.82) is 0 Å². The molecule has 0 amide bonds. The van der Waals surface area contributed by atoms with Crippen LogP contribution in [0.1, 0.15) is 0 Å². The molecule has 0 bridgehead atoms. The number of rotatable bonds is 6. The summed E-state index contributed by atoms with van der Waals surface area (Å²) in [5.41, 5.74) is 6.48. The molecule has 0 saturated heterocycles. The van der Waals surface area contributed by atoms with E-state index in [-0.39, 0.29) is 23.1 Å². The standard InChI is InChI=1S/C20H15F5N6O/c1-27-4-5-31-20-14(19(26)28-8-29-20)17(30-31)10-3-2-9(6-11(10)21)32-18-15(24)12(22)7-13(23)16(18)25/h2-3,6-8,27H,4-5H2,1H3,(H2,26,28,29). The third-order valence-electron chi connectivity index (χ3n) is 4.62. The summed E-state index contributed by atoms with van der Waals surface area (Å²) < 4.78 is 75.9. The van der Waals surface area contributed by atoms with Gasteiger partial charge in [0.25, 0.3) is 0 Å². The number of nitrogens with one attached hydrogen (secondary N) is 1. The maximum absolute atomic E-state index is 15.0. The first-order valence-electron chi connectivity index (χ1n) is 9.24. The maximum atomic E-state index is 15.0. The lowest BCUT2D eigenvalue weighted by Gasteiger charge is -2.10. The van der Waals surface area contributed by atoms with Gasteiger partial charge in [0, 0.05) is 24.2 Å². The zero-order valence-electron chi connectivity index (χ0n) is 16.5. The summed E-state index contributed by atoms with van der Waals surface area (Å²) in [7, 11) is 1.75. The van der Waals surface area contributed by atoms with Crippen molar-refractivity contribution < 1.29 is 26.7 Å². The normalized spacial score (nSPS) is 11.3. The zero-order valence-corrected chi connectivity index (χ0v) is 16.5. The van der Waals surface area contributed by atoms with E-state index in [1.54, 1.807) is 7.05 Å². The Kier molecular flexibility index (Phi) is 5.61. The summed E-state index contributed by atoms with van der Waals surface area (Å²) in [5.74, 6) is -9.30. The van der Waals surface area contributed by atoms with Crippen LogP contribution >= 0.6 is 0 Å². The molecular weight excluding hydrogens is 435 g/mol. The Bertz CT molecular complexity index is 1300. The van der Waals surface area contributed by atoms with Gasteiger partial charge in [-0.15, -0.1) is 0 Å². The van der Waals surface area contributed by atoms with Crippen molar-refractivity contribution in [3.8, 4) is 22.8 Å². The number of hydrogen-bond donors (Lipinski definition) is 2. The molecule has 0 fully saturated rings. The van der Waals surface area contributed by atoms with Gasteiger partial charge in [0.1, 0.15) is 29.4 Å². The molecule has 166 valence electrons. The fourth-order valence-electron chi connectivity index (χ4n) is 3.10. The van der Waals surface area contributed by atoms with Crippen molar-refractivity contribution in [1.82, 2.24) is 25.1 Å². The topological polar surface area (TPSA) is 90.9 Å². The van der Waals surface area contributed by atoms with Gasteiger partial charge in [-0.3, -0.25) is 0 Å². The van der Waals surface area contributed by atoms with E-state index in [4.69, 9.17) is 10.5 Å². The summed E-state index contributed by atoms with van der Waals surface area (Å²) >= 11 is 0. The number of nitrogen functional groups attached to an aromatic ring is 1. The predicted molar refractivity (Wildman–Crippen MR) is 105 cm³/mol. The SMILES string of the molecule is CNCCn1nc(-c2ccc(Oc3c(F)c(F)cc(F)c3F)cc2F)c2c(N)ncnc21. The van der Waals surface area contributed by atoms with Gasteiger partial charge < -0.3 is 15.8 Å². The van der Waals surface area contributed by atoms with E-state index in [0.29, 0.717) is 24.1 Å². The Morgan fingerprint density at radius 3 is 2.38 bits per heavy atom. The van der Waals surface area contributed by atoms with Crippen molar-refractivity contribution in [3.63, 3.8) is 0 Å². The van der Waals surface area contributed by atoms with E-state index in [2.05, 4.69) is 20.4 Å². The third-order valence-corrected chi connectivity index (χ3v) is 4.62. The molecule has 2 heterocycles. The van der Waals surface area contributed by atoms with E-state index in [1.165, 1.54) is 23.1 Å². The maximum Gasteiger partial charge on any atom is 0.204 e. The number of likely N-dealkylation sites (N-methyl/N-ethyl adjacent to an activating group) is 1.